The number of fused-ring (bicyclic) bond motifs is 1. The van der Waals surface area contributed by atoms with Crippen molar-refractivity contribution in [3.8, 4) is 11.5 Å². The normalized spacial score (nSPS) is 21.8. The average molecular weight is 424 g/mol. The molecule has 1 aromatic heterocycles. The summed E-state index contributed by atoms with van der Waals surface area (Å²) in [6, 6.07) is 9.05. The van der Waals surface area contributed by atoms with E-state index in [2.05, 4.69) is 17.4 Å². The number of hydrogen-bond donors (Lipinski definition) is 1. The number of nitrogens with one attached hydrogen (secondary N) is 1. The highest BCUT2D eigenvalue weighted by atomic mass is 16.6. The molecule has 31 heavy (non-hydrogen) atoms. The molecule has 1 saturated carbocycles. The van der Waals surface area contributed by atoms with Gasteiger partial charge in [0.05, 0.1) is 6.26 Å². The number of carbonyl (C=O) groups is 2. The highest BCUT2D eigenvalue weighted by Gasteiger charge is 2.39. The first-order valence-electron chi connectivity index (χ1n) is 11.2. The van der Waals surface area contributed by atoms with E-state index in [0.717, 1.165) is 43.6 Å². The molecule has 1 N–H and O–H groups in total. The van der Waals surface area contributed by atoms with E-state index in [-0.39, 0.29) is 23.0 Å². The van der Waals surface area contributed by atoms with Gasteiger partial charge in [-0.1, -0.05) is 18.9 Å². The van der Waals surface area contributed by atoms with Gasteiger partial charge in [-0.15, -0.1) is 0 Å². The van der Waals surface area contributed by atoms with E-state index in [9.17, 15) is 9.59 Å². The zero-order valence-electron chi connectivity index (χ0n) is 17.6. The van der Waals surface area contributed by atoms with Crippen LogP contribution in [0.5, 0.6) is 11.5 Å². The Bertz CT molecular complexity index is 949. The molecule has 2 aliphatic heterocycles. The molecule has 2 amide bonds. The van der Waals surface area contributed by atoms with Crippen LogP contribution in [-0.4, -0.2) is 49.1 Å². The van der Waals surface area contributed by atoms with Crippen molar-refractivity contribution < 1.29 is 23.5 Å². The molecule has 3 aliphatic rings. The molecule has 1 saturated heterocycles. The minimum absolute atomic E-state index is 0.0822. The van der Waals surface area contributed by atoms with Gasteiger partial charge < -0.3 is 24.1 Å². The second kappa shape index (κ2) is 8.29. The Balaban J connectivity index is 1.30. The zero-order chi connectivity index (χ0) is 21.3. The molecule has 5 rings (SSSR count). The molecular formula is C24H28N2O5. The summed E-state index contributed by atoms with van der Waals surface area (Å²) >= 11 is 0. The van der Waals surface area contributed by atoms with Crippen molar-refractivity contribution in [1.82, 2.24) is 10.2 Å². The van der Waals surface area contributed by atoms with Gasteiger partial charge in [0.15, 0.2) is 17.3 Å². The van der Waals surface area contributed by atoms with Crippen molar-refractivity contribution in [3.05, 3.63) is 47.9 Å². The molecule has 2 aromatic rings. The number of furan rings is 1. The lowest BCUT2D eigenvalue weighted by Crippen LogP contribution is -2.49. The van der Waals surface area contributed by atoms with Crippen molar-refractivity contribution >= 4 is 11.8 Å². The van der Waals surface area contributed by atoms with Crippen molar-refractivity contribution in [2.24, 2.45) is 0 Å². The van der Waals surface area contributed by atoms with Gasteiger partial charge in [0.25, 0.3) is 5.91 Å². The number of carbonyl (C=O) groups excluding carboxylic acids is 2. The molecule has 0 unspecified atom stereocenters. The van der Waals surface area contributed by atoms with E-state index in [0.29, 0.717) is 32.7 Å². The van der Waals surface area contributed by atoms with E-state index in [4.69, 9.17) is 13.9 Å². The summed E-state index contributed by atoms with van der Waals surface area (Å²) in [5.74, 6) is 1.55. The van der Waals surface area contributed by atoms with Crippen LogP contribution in [0.15, 0.2) is 41.0 Å². The summed E-state index contributed by atoms with van der Waals surface area (Å²) < 4.78 is 16.7. The molecule has 7 nitrogen and oxygen atoms in total. The highest BCUT2D eigenvalue weighted by molar-refractivity contribution is 5.96. The molecule has 164 valence electrons. The van der Waals surface area contributed by atoms with Crippen LogP contribution in [0.4, 0.5) is 0 Å². The van der Waals surface area contributed by atoms with E-state index in [1.54, 1.807) is 17.0 Å². The van der Waals surface area contributed by atoms with E-state index in [1.165, 1.54) is 11.8 Å². The first kappa shape index (κ1) is 20.0. The van der Waals surface area contributed by atoms with Crippen molar-refractivity contribution in [3.63, 3.8) is 0 Å². The fourth-order valence-electron chi connectivity index (χ4n) is 5.19. The minimum atomic E-state index is -0.448. The highest BCUT2D eigenvalue weighted by Crippen LogP contribution is 2.44. The number of likely N-dealkylation sites (tertiary alicyclic amines) is 1. The van der Waals surface area contributed by atoms with Gasteiger partial charge in [0.2, 0.25) is 5.91 Å². The summed E-state index contributed by atoms with van der Waals surface area (Å²) in [6.07, 6.45) is 7.29. The first-order chi connectivity index (χ1) is 15.2. The fraction of sp³-hybridized carbons (Fsp3) is 0.500. The number of rotatable bonds is 5. The Morgan fingerprint density at radius 1 is 1.06 bits per heavy atom. The molecule has 0 spiro atoms. The molecule has 1 atom stereocenters. The summed E-state index contributed by atoms with van der Waals surface area (Å²) in [6.45, 7) is 2.26. The molecule has 2 fully saturated rings. The third kappa shape index (κ3) is 3.77. The van der Waals surface area contributed by atoms with Gasteiger partial charge in [-0.25, -0.2) is 0 Å². The largest absolute Gasteiger partial charge is 0.486 e. The summed E-state index contributed by atoms with van der Waals surface area (Å²) in [4.78, 5) is 27.5. The van der Waals surface area contributed by atoms with Gasteiger partial charge >= 0.3 is 0 Å². The van der Waals surface area contributed by atoms with Gasteiger partial charge in [-0.3, -0.25) is 9.59 Å². The molecule has 7 heteroatoms. The smallest absolute Gasteiger partial charge is 0.290 e. The van der Waals surface area contributed by atoms with E-state index >= 15 is 0 Å². The minimum Gasteiger partial charge on any atom is -0.486 e. The van der Waals surface area contributed by atoms with Gasteiger partial charge in [0.1, 0.15) is 19.3 Å². The number of nitrogens with zero attached hydrogens (tertiary/aromatic N) is 1. The monoisotopic (exact) mass is 424 g/mol. The lowest BCUT2D eigenvalue weighted by Gasteiger charge is -2.32. The lowest BCUT2D eigenvalue weighted by molar-refractivity contribution is -0.125. The molecule has 0 bridgehead atoms. The SMILES string of the molecule is O=C(NCC1(c2ccc3c(c2)OCCO3)CCCC1)[C@@H]1CCCN1C(=O)c1ccco1. The van der Waals surface area contributed by atoms with Gasteiger partial charge in [0, 0.05) is 18.5 Å². The zero-order valence-corrected chi connectivity index (χ0v) is 17.6. The molecule has 0 radical (unpaired) electrons. The second-order valence-corrected chi connectivity index (χ2v) is 8.70. The van der Waals surface area contributed by atoms with Crippen LogP contribution in [0.25, 0.3) is 0 Å². The predicted octanol–water partition coefficient (Wildman–Crippen LogP) is 3.28. The van der Waals surface area contributed by atoms with Crippen LogP contribution in [0, 0.1) is 0 Å². The van der Waals surface area contributed by atoms with E-state index in [1.807, 2.05) is 6.07 Å². The van der Waals surface area contributed by atoms with E-state index < -0.39 is 6.04 Å². The standard InChI is InChI=1S/C24H28N2O5/c27-22(18-5-3-11-26(18)23(28)20-6-4-12-29-20)25-16-24(9-1-2-10-24)17-7-8-19-21(15-17)31-14-13-30-19/h4,6-8,12,15,18H,1-3,5,9-11,13-14,16H2,(H,25,27)/t18-/m0/s1. The molecule has 3 heterocycles. The molecule has 1 aliphatic carbocycles. The predicted molar refractivity (Wildman–Crippen MR) is 113 cm³/mol. The van der Waals surface area contributed by atoms with Crippen molar-refractivity contribution in [2.75, 3.05) is 26.3 Å². The van der Waals surface area contributed by atoms with Crippen LogP contribution < -0.4 is 14.8 Å². The van der Waals surface area contributed by atoms with Crippen LogP contribution in [0.2, 0.25) is 0 Å². The van der Waals surface area contributed by atoms with Crippen LogP contribution in [0.1, 0.15) is 54.6 Å². The Morgan fingerprint density at radius 2 is 1.87 bits per heavy atom. The topological polar surface area (TPSA) is 81.0 Å². The fourth-order valence-corrected chi connectivity index (χ4v) is 5.19. The van der Waals surface area contributed by atoms with Crippen LogP contribution in [0.3, 0.4) is 0 Å². The Hall–Kier alpha value is -2.96. The molecular weight excluding hydrogens is 396 g/mol. The lowest BCUT2D eigenvalue weighted by atomic mass is 9.78. The first-order valence-corrected chi connectivity index (χ1v) is 11.2. The maximum Gasteiger partial charge on any atom is 0.290 e. The maximum atomic E-state index is 13.1. The number of hydrogen-bond acceptors (Lipinski definition) is 5. The summed E-state index contributed by atoms with van der Waals surface area (Å²) in [7, 11) is 0. The Morgan fingerprint density at radius 3 is 2.65 bits per heavy atom. The van der Waals surface area contributed by atoms with Gasteiger partial charge in [-0.2, -0.15) is 0 Å². The second-order valence-electron chi connectivity index (χ2n) is 8.70. The summed E-state index contributed by atoms with van der Waals surface area (Å²) in [5.41, 5.74) is 1.07. The van der Waals surface area contributed by atoms with Crippen molar-refractivity contribution in [1.29, 1.82) is 0 Å². The quantitative estimate of drug-likeness (QED) is 0.797. The third-order valence-electron chi connectivity index (χ3n) is 6.86. The van der Waals surface area contributed by atoms with Crippen LogP contribution >= 0.6 is 0 Å². The number of benzene rings is 1. The Kier molecular flexibility index (Phi) is 5.34. The van der Waals surface area contributed by atoms with Crippen molar-refractivity contribution in [2.45, 2.75) is 50.0 Å². The average Bonchev–Trinajstić information content (AvgIpc) is 3.58. The molecule has 1 aromatic carbocycles. The Labute approximate surface area is 181 Å². The maximum absolute atomic E-state index is 13.1. The number of ether oxygens (including phenoxy) is 2. The summed E-state index contributed by atoms with van der Waals surface area (Å²) in [5, 5.41) is 3.18. The number of amides is 2. The third-order valence-corrected chi connectivity index (χ3v) is 6.86. The van der Waals surface area contributed by atoms with Gasteiger partial charge in [-0.05, 0) is 55.5 Å². The van der Waals surface area contributed by atoms with Crippen LogP contribution in [-0.2, 0) is 10.2 Å².